The summed E-state index contributed by atoms with van der Waals surface area (Å²) >= 11 is 1.23. The molecule has 1 aromatic carbocycles. The van der Waals surface area contributed by atoms with Gasteiger partial charge < -0.3 is 0 Å². The van der Waals surface area contributed by atoms with Crippen LogP contribution in [0.15, 0.2) is 30.5 Å². The Kier molecular flexibility index (Phi) is 3.19. The molecule has 0 aliphatic heterocycles. The number of nitrogens with zero attached hydrogens (tertiary/aromatic N) is 3. The van der Waals surface area contributed by atoms with Gasteiger partial charge in [0.1, 0.15) is 5.82 Å². The van der Waals surface area contributed by atoms with Crippen LogP contribution in [0.5, 0.6) is 0 Å². The Morgan fingerprint density at radius 2 is 2.30 bits per heavy atom. The van der Waals surface area contributed by atoms with Crippen molar-refractivity contribution in [2.45, 2.75) is 13.5 Å². The number of amides is 1. The second-order valence-electron chi connectivity index (χ2n) is 4.14. The third-order valence-corrected chi connectivity index (χ3v) is 3.70. The van der Waals surface area contributed by atoms with E-state index < -0.39 is 0 Å². The molecule has 3 rings (SSSR count). The van der Waals surface area contributed by atoms with Gasteiger partial charge in [-0.3, -0.25) is 14.8 Å². The van der Waals surface area contributed by atoms with E-state index in [0.717, 1.165) is 0 Å². The fourth-order valence-electron chi connectivity index (χ4n) is 1.77. The average Bonchev–Trinajstić information content (AvgIpc) is 3.03. The van der Waals surface area contributed by atoms with Gasteiger partial charge in [0.15, 0.2) is 10.8 Å². The van der Waals surface area contributed by atoms with Crippen molar-refractivity contribution in [3.63, 3.8) is 0 Å². The highest BCUT2D eigenvalue weighted by Crippen LogP contribution is 2.26. The van der Waals surface area contributed by atoms with Crippen molar-refractivity contribution in [1.82, 2.24) is 14.8 Å². The Labute approximate surface area is 118 Å². The number of hydrogen-bond donors (Lipinski definition) is 1. The van der Waals surface area contributed by atoms with Crippen molar-refractivity contribution in [2.75, 3.05) is 5.32 Å². The third kappa shape index (κ3) is 2.39. The fraction of sp³-hybridized carbons (Fsp3) is 0.154. The summed E-state index contributed by atoms with van der Waals surface area (Å²) in [6.45, 7) is 2.64. The summed E-state index contributed by atoms with van der Waals surface area (Å²) in [5.41, 5.74) is 0.989. The van der Waals surface area contributed by atoms with Gasteiger partial charge in [-0.15, -0.1) is 0 Å². The number of carbonyl (C=O) groups is 1. The maximum atomic E-state index is 13.1. The largest absolute Gasteiger partial charge is 0.296 e. The average molecular weight is 290 g/mol. The number of fused-ring (bicyclic) bond motifs is 1. The van der Waals surface area contributed by atoms with Crippen molar-refractivity contribution in [1.29, 1.82) is 0 Å². The molecule has 5 nitrogen and oxygen atoms in total. The molecule has 7 heteroatoms. The predicted molar refractivity (Wildman–Crippen MR) is 75.4 cm³/mol. The molecule has 0 radical (unpaired) electrons. The number of nitrogens with one attached hydrogen (secondary N) is 1. The molecule has 0 spiro atoms. The van der Waals surface area contributed by atoms with Crippen molar-refractivity contribution in [3.05, 3.63) is 42.0 Å². The molecule has 0 atom stereocenters. The quantitative estimate of drug-likeness (QED) is 0.807. The van der Waals surface area contributed by atoms with Gasteiger partial charge in [0.2, 0.25) is 0 Å². The summed E-state index contributed by atoms with van der Waals surface area (Å²) < 4.78 is 15.5. The topological polar surface area (TPSA) is 59.8 Å². The standard InChI is InChI=1S/C13H11FN4OS/c1-2-18-6-5-10(17-18)12(19)16-13-15-9-4-3-8(14)7-11(9)20-13/h3-7H,2H2,1H3,(H,15,16,19). The first-order valence-electron chi connectivity index (χ1n) is 6.06. The van der Waals surface area contributed by atoms with Crippen LogP contribution in [0.3, 0.4) is 0 Å². The first-order chi connectivity index (χ1) is 9.65. The van der Waals surface area contributed by atoms with Gasteiger partial charge in [0.25, 0.3) is 5.91 Å². The molecule has 0 aliphatic rings. The lowest BCUT2D eigenvalue weighted by molar-refractivity contribution is 0.102. The lowest BCUT2D eigenvalue weighted by Crippen LogP contribution is -2.13. The highest BCUT2D eigenvalue weighted by atomic mass is 32.1. The first kappa shape index (κ1) is 12.7. The molecule has 102 valence electrons. The van der Waals surface area contributed by atoms with Crippen molar-refractivity contribution in [2.24, 2.45) is 0 Å². The molecule has 0 bridgehead atoms. The summed E-state index contributed by atoms with van der Waals surface area (Å²) in [7, 11) is 0. The molecule has 0 unspecified atom stereocenters. The highest BCUT2D eigenvalue weighted by Gasteiger charge is 2.12. The number of halogens is 1. The molecular weight excluding hydrogens is 279 g/mol. The molecule has 0 fully saturated rings. The van der Waals surface area contributed by atoms with Gasteiger partial charge in [-0.1, -0.05) is 11.3 Å². The summed E-state index contributed by atoms with van der Waals surface area (Å²) in [5.74, 6) is -0.641. The van der Waals surface area contributed by atoms with Crippen LogP contribution in [0.4, 0.5) is 9.52 Å². The number of thiazole rings is 1. The Balaban J connectivity index is 1.83. The summed E-state index contributed by atoms with van der Waals surface area (Å²) in [4.78, 5) is 16.2. The number of benzene rings is 1. The number of aromatic nitrogens is 3. The summed E-state index contributed by atoms with van der Waals surface area (Å²) in [5, 5.41) is 7.22. The summed E-state index contributed by atoms with van der Waals surface area (Å²) in [6, 6.07) is 5.97. The molecule has 0 saturated carbocycles. The van der Waals surface area contributed by atoms with Gasteiger partial charge >= 0.3 is 0 Å². The third-order valence-electron chi connectivity index (χ3n) is 2.77. The minimum absolute atomic E-state index is 0.319. The summed E-state index contributed by atoms with van der Waals surface area (Å²) in [6.07, 6.45) is 1.74. The van der Waals surface area contributed by atoms with E-state index in [1.54, 1.807) is 23.0 Å². The van der Waals surface area contributed by atoms with Gasteiger partial charge in [0.05, 0.1) is 10.2 Å². The molecule has 1 N–H and O–H groups in total. The lowest BCUT2D eigenvalue weighted by Gasteiger charge is -1.97. The highest BCUT2D eigenvalue weighted by molar-refractivity contribution is 7.22. The second kappa shape index (κ2) is 5.01. The zero-order valence-corrected chi connectivity index (χ0v) is 11.4. The Morgan fingerprint density at radius 1 is 1.45 bits per heavy atom. The van der Waals surface area contributed by atoms with Crippen LogP contribution in [0.1, 0.15) is 17.4 Å². The minimum atomic E-state index is -0.322. The van der Waals surface area contributed by atoms with E-state index >= 15 is 0 Å². The van der Waals surface area contributed by atoms with Gasteiger partial charge in [-0.05, 0) is 31.2 Å². The van der Waals surface area contributed by atoms with E-state index in [-0.39, 0.29) is 11.7 Å². The lowest BCUT2D eigenvalue weighted by atomic mass is 10.3. The van der Waals surface area contributed by atoms with Crippen LogP contribution in [-0.4, -0.2) is 20.7 Å². The SMILES string of the molecule is CCn1ccc(C(=O)Nc2nc3ccc(F)cc3s2)n1. The first-order valence-corrected chi connectivity index (χ1v) is 6.88. The van der Waals surface area contributed by atoms with Crippen molar-refractivity contribution < 1.29 is 9.18 Å². The molecule has 2 heterocycles. The maximum Gasteiger partial charge on any atom is 0.277 e. The fourth-order valence-corrected chi connectivity index (χ4v) is 2.66. The molecule has 1 amide bonds. The Bertz CT molecular complexity index is 780. The predicted octanol–water partition coefficient (Wildman–Crippen LogP) is 2.90. The van der Waals surface area contributed by atoms with E-state index in [9.17, 15) is 9.18 Å². The number of rotatable bonds is 3. The Hall–Kier alpha value is -2.28. The van der Waals surface area contributed by atoms with Gasteiger partial charge in [-0.25, -0.2) is 9.37 Å². The number of carbonyl (C=O) groups excluding carboxylic acids is 1. The van der Waals surface area contributed by atoms with Crippen LogP contribution in [0.25, 0.3) is 10.2 Å². The van der Waals surface area contributed by atoms with Crippen LogP contribution in [-0.2, 0) is 6.54 Å². The van der Waals surface area contributed by atoms with Crippen LogP contribution >= 0.6 is 11.3 Å². The molecular formula is C13H11FN4OS. The van der Waals surface area contributed by atoms with E-state index in [4.69, 9.17) is 0 Å². The molecule has 2 aromatic heterocycles. The normalized spacial score (nSPS) is 10.9. The van der Waals surface area contributed by atoms with Crippen LogP contribution < -0.4 is 5.32 Å². The van der Waals surface area contributed by atoms with Crippen LogP contribution in [0.2, 0.25) is 0 Å². The number of anilines is 1. The number of aryl methyl sites for hydroxylation is 1. The van der Waals surface area contributed by atoms with Gasteiger partial charge in [0, 0.05) is 12.7 Å². The van der Waals surface area contributed by atoms with E-state index in [0.29, 0.717) is 27.6 Å². The maximum absolute atomic E-state index is 13.1. The van der Waals surface area contributed by atoms with E-state index in [1.165, 1.54) is 23.5 Å². The van der Waals surface area contributed by atoms with E-state index in [2.05, 4.69) is 15.4 Å². The van der Waals surface area contributed by atoms with Crippen molar-refractivity contribution >= 4 is 32.6 Å². The Morgan fingerprint density at radius 3 is 3.05 bits per heavy atom. The minimum Gasteiger partial charge on any atom is -0.296 e. The van der Waals surface area contributed by atoms with Crippen molar-refractivity contribution in [3.8, 4) is 0 Å². The molecule has 0 saturated heterocycles. The second-order valence-corrected chi connectivity index (χ2v) is 5.17. The molecule has 3 aromatic rings. The monoisotopic (exact) mass is 290 g/mol. The smallest absolute Gasteiger partial charge is 0.277 e. The zero-order valence-electron chi connectivity index (χ0n) is 10.6. The molecule has 20 heavy (non-hydrogen) atoms. The number of hydrogen-bond acceptors (Lipinski definition) is 4. The van der Waals surface area contributed by atoms with E-state index in [1.807, 2.05) is 6.92 Å². The zero-order chi connectivity index (χ0) is 14.1. The van der Waals surface area contributed by atoms with Crippen LogP contribution in [0, 0.1) is 5.82 Å². The van der Waals surface area contributed by atoms with Gasteiger partial charge in [-0.2, -0.15) is 5.10 Å². The molecule has 0 aliphatic carbocycles.